The summed E-state index contributed by atoms with van der Waals surface area (Å²) in [7, 11) is 0. The molecule has 32 heavy (non-hydrogen) atoms. The quantitative estimate of drug-likeness (QED) is 0.500. The summed E-state index contributed by atoms with van der Waals surface area (Å²) in [4.78, 5) is 0. The van der Waals surface area contributed by atoms with Gasteiger partial charge >= 0.3 is 0 Å². The third-order valence-corrected chi connectivity index (χ3v) is 11.8. The molecule has 0 radical (unpaired) electrons. The molecule has 4 saturated carbocycles. The molecule has 1 aliphatic heterocycles. The second-order valence-electron chi connectivity index (χ2n) is 13.4. The van der Waals surface area contributed by atoms with Gasteiger partial charge in [0.05, 0.1) is 11.2 Å². The smallest absolute Gasteiger partial charge is 0.0691 e. The molecule has 5 aliphatic rings. The Bertz CT molecular complexity index is 653. The Labute approximate surface area is 198 Å². The molecule has 3 nitrogen and oxygen atoms in total. The molecule has 7 unspecified atom stereocenters. The van der Waals surface area contributed by atoms with Crippen molar-refractivity contribution in [3.05, 3.63) is 0 Å². The lowest BCUT2D eigenvalue weighted by atomic mass is 9.44. The van der Waals surface area contributed by atoms with Crippen molar-refractivity contribution in [3.63, 3.8) is 0 Å². The summed E-state index contributed by atoms with van der Waals surface area (Å²) in [5.74, 6) is 4.33. The first-order valence-electron chi connectivity index (χ1n) is 13.7. The summed E-state index contributed by atoms with van der Waals surface area (Å²) in [6.07, 6.45) is 16.9. The van der Waals surface area contributed by atoms with Crippen molar-refractivity contribution in [2.24, 2.45) is 40.4 Å². The van der Waals surface area contributed by atoms with Crippen LogP contribution in [0.4, 0.5) is 0 Å². The van der Waals surface area contributed by atoms with E-state index in [0.29, 0.717) is 10.8 Å². The lowest BCUT2D eigenvalue weighted by Gasteiger charge is -2.62. The Morgan fingerprint density at radius 1 is 0.781 bits per heavy atom. The van der Waals surface area contributed by atoms with Crippen LogP contribution in [0, 0.1) is 40.4 Å². The Balaban J connectivity index is 0.00000245. The van der Waals surface area contributed by atoms with E-state index in [1.54, 1.807) is 0 Å². The van der Waals surface area contributed by atoms with Gasteiger partial charge in [-0.15, -0.1) is 0 Å². The van der Waals surface area contributed by atoms with Gasteiger partial charge in [0.25, 0.3) is 0 Å². The Morgan fingerprint density at radius 2 is 1.50 bits per heavy atom. The molecule has 3 heteroatoms. The van der Waals surface area contributed by atoms with Crippen LogP contribution in [0.5, 0.6) is 0 Å². The van der Waals surface area contributed by atoms with E-state index in [0.717, 1.165) is 74.9 Å². The molecule has 0 aromatic rings. The Morgan fingerprint density at radius 3 is 2.25 bits per heavy atom. The molecule has 0 bridgehead atoms. The van der Waals surface area contributed by atoms with Gasteiger partial charge < -0.3 is 14.9 Å². The predicted molar refractivity (Wildman–Crippen MR) is 131 cm³/mol. The molecule has 5 rings (SSSR count). The molecule has 1 heterocycles. The predicted octanol–water partition coefficient (Wildman–Crippen LogP) is 6.74. The highest BCUT2D eigenvalue weighted by atomic mass is 16.5. The molecule has 0 aromatic carbocycles. The fourth-order valence-corrected chi connectivity index (χ4v) is 9.69. The summed E-state index contributed by atoms with van der Waals surface area (Å²) in [5, 5.41) is 21.6. The van der Waals surface area contributed by atoms with Gasteiger partial charge in [0.2, 0.25) is 0 Å². The highest BCUT2D eigenvalue weighted by Gasteiger charge is 2.60. The van der Waals surface area contributed by atoms with Crippen molar-refractivity contribution in [1.29, 1.82) is 0 Å². The molecule has 2 N–H and O–H groups in total. The molecule has 0 aromatic heterocycles. The topological polar surface area (TPSA) is 49.7 Å². The fourth-order valence-electron chi connectivity index (χ4n) is 9.69. The molecule has 4 aliphatic carbocycles. The molecule has 8 atom stereocenters. The van der Waals surface area contributed by atoms with E-state index in [1.165, 1.54) is 57.8 Å². The summed E-state index contributed by atoms with van der Waals surface area (Å²) >= 11 is 0. The van der Waals surface area contributed by atoms with Gasteiger partial charge in [-0.1, -0.05) is 27.7 Å². The molecule has 186 valence electrons. The van der Waals surface area contributed by atoms with Crippen molar-refractivity contribution >= 4 is 0 Å². The van der Waals surface area contributed by atoms with E-state index in [-0.39, 0.29) is 7.43 Å². The van der Waals surface area contributed by atoms with Crippen molar-refractivity contribution in [2.75, 3.05) is 13.2 Å². The minimum absolute atomic E-state index is 0. The summed E-state index contributed by atoms with van der Waals surface area (Å²) in [6, 6.07) is 0. The monoisotopic (exact) mass is 448 g/mol. The molecular formula is C29H52O3. The van der Waals surface area contributed by atoms with E-state index >= 15 is 0 Å². The molecular weight excluding hydrogens is 396 g/mol. The first-order chi connectivity index (χ1) is 14.7. The largest absolute Gasteiger partial charge is 0.390 e. The van der Waals surface area contributed by atoms with Crippen molar-refractivity contribution < 1.29 is 14.9 Å². The van der Waals surface area contributed by atoms with E-state index in [2.05, 4.69) is 20.8 Å². The average molecular weight is 449 g/mol. The number of ether oxygens (including phenoxy) is 1. The van der Waals surface area contributed by atoms with Crippen LogP contribution in [0.2, 0.25) is 0 Å². The number of aliphatic hydroxyl groups is 2. The summed E-state index contributed by atoms with van der Waals surface area (Å²) < 4.78 is 5.46. The maximum Gasteiger partial charge on any atom is 0.0691 e. The van der Waals surface area contributed by atoms with Gasteiger partial charge in [0.15, 0.2) is 0 Å². The van der Waals surface area contributed by atoms with Crippen LogP contribution in [0.1, 0.15) is 118 Å². The zero-order valence-electron chi connectivity index (χ0n) is 20.5. The van der Waals surface area contributed by atoms with Gasteiger partial charge in [-0.3, -0.25) is 0 Å². The minimum atomic E-state index is -0.454. The number of fused-ring (bicyclic) bond motifs is 5. The van der Waals surface area contributed by atoms with Crippen LogP contribution >= 0.6 is 0 Å². The van der Waals surface area contributed by atoms with Gasteiger partial charge in [0, 0.05) is 13.2 Å². The first-order valence-corrected chi connectivity index (χ1v) is 13.7. The highest BCUT2D eigenvalue weighted by Crippen LogP contribution is 2.68. The molecule has 0 spiro atoms. The first kappa shape index (κ1) is 25.0. The van der Waals surface area contributed by atoms with Crippen LogP contribution in [0.25, 0.3) is 0 Å². The maximum atomic E-state index is 10.9. The molecule has 1 saturated heterocycles. The van der Waals surface area contributed by atoms with E-state index in [4.69, 9.17) is 4.74 Å². The van der Waals surface area contributed by atoms with Gasteiger partial charge in [0.1, 0.15) is 0 Å². The Kier molecular flexibility index (Phi) is 6.89. The third kappa shape index (κ3) is 4.22. The zero-order chi connectivity index (χ0) is 21.9. The van der Waals surface area contributed by atoms with E-state index < -0.39 is 11.2 Å². The standard InChI is InChI=1S/C28H48O3.CH4/c1-25(29)13-14-27(3)21(19-25)6-8-22-23-9-7-20(26(23,2)12-10-24(22)27)5-4-11-28(30)15-17-31-18-16-28;/h20-24,29-30H,4-19H2,1-3H3;1H4/t20?,21?,22?,23?,24?,25-,26?,27?;/m0./s1. The summed E-state index contributed by atoms with van der Waals surface area (Å²) in [5.41, 5.74) is 0.122. The van der Waals surface area contributed by atoms with Gasteiger partial charge in [-0.2, -0.15) is 0 Å². The minimum Gasteiger partial charge on any atom is -0.390 e. The van der Waals surface area contributed by atoms with Gasteiger partial charge in [-0.25, -0.2) is 0 Å². The zero-order valence-corrected chi connectivity index (χ0v) is 20.5. The number of hydrogen-bond donors (Lipinski definition) is 2. The second kappa shape index (κ2) is 8.83. The normalized spacial score (nSPS) is 50.0. The third-order valence-electron chi connectivity index (χ3n) is 11.8. The Hall–Kier alpha value is -0.120. The highest BCUT2D eigenvalue weighted by molar-refractivity contribution is 5.10. The molecule has 0 amide bonds. The van der Waals surface area contributed by atoms with Crippen LogP contribution < -0.4 is 0 Å². The second-order valence-corrected chi connectivity index (χ2v) is 13.4. The van der Waals surface area contributed by atoms with Crippen molar-refractivity contribution in [1.82, 2.24) is 0 Å². The van der Waals surface area contributed by atoms with E-state index in [1.807, 2.05) is 0 Å². The van der Waals surface area contributed by atoms with Gasteiger partial charge in [-0.05, 0) is 131 Å². The molecule has 5 fully saturated rings. The van der Waals surface area contributed by atoms with Crippen LogP contribution in [0.15, 0.2) is 0 Å². The maximum absolute atomic E-state index is 10.9. The number of hydrogen-bond acceptors (Lipinski definition) is 3. The van der Waals surface area contributed by atoms with Crippen LogP contribution in [0.3, 0.4) is 0 Å². The lowest BCUT2D eigenvalue weighted by Crippen LogP contribution is -2.55. The lowest BCUT2D eigenvalue weighted by molar-refractivity contribution is -0.146. The van der Waals surface area contributed by atoms with Crippen molar-refractivity contribution in [2.45, 2.75) is 129 Å². The summed E-state index contributed by atoms with van der Waals surface area (Å²) in [6.45, 7) is 8.80. The van der Waals surface area contributed by atoms with E-state index in [9.17, 15) is 10.2 Å². The number of rotatable bonds is 4. The SMILES string of the molecule is C.CC12CCC3C(CCC4C[C@@](C)(O)CCC43C)C1CCC2CCCC1(O)CCOCC1. The van der Waals surface area contributed by atoms with Crippen LogP contribution in [-0.4, -0.2) is 34.6 Å². The average Bonchev–Trinajstić information content (AvgIpc) is 3.05. The fraction of sp³-hybridized carbons (Fsp3) is 1.00. The van der Waals surface area contributed by atoms with Crippen molar-refractivity contribution in [3.8, 4) is 0 Å². The van der Waals surface area contributed by atoms with Crippen LogP contribution in [-0.2, 0) is 4.74 Å².